The van der Waals surface area contributed by atoms with E-state index in [2.05, 4.69) is 15.2 Å². The fraction of sp³-hybridized carbons (Fsp3) is 0.200. The number of aromatic carboxylic acids is 1. The van der Waals surface area contributed by atoms with Crippen molar-refractivity contribution < 1.29 is 14.6 Å². The number of carbonyl (C=O) groups is 1. The summed E-state index contributed by atoms with van der Waals surface area (Å²) < 4.78 is 5.43. The summed E-state index contributed by atoms with van der Waals surface area (Å²) in [6, 6.07) is 15.3. The van der Waals surface area contributed by atoms with E-state index in [-0.39, 0.29) is 5.56 Å². The molecule has 4 rings (SSSR count). The van der Waals surface area contributed by atoms with Crippen LogP contribution in [0.5, 0.6) is 0 Å². The molecule has 26 heavy (non-hydrogen) atoms. The molecule has 3 aromatic rings. The first-order chi connectivity index (χ1) is 12.7. The van der Waals surface area contributed by atoms with E-state index in [9.17, 15) is 9.90 Å². The lowest BCUT2D eigenvalue weighted by Gasteiger charge is -2.29. The van der Waals surface area contributed by atoms with Gasteiger partial charge in [-0.15, -0.1) is 0 Å². The third-order valence-electron chi connectivity index (χ3n) is 4.49. The highest BCUT2D eigenvalue weighted by Gasteiger charge is 2.17. The molecule has 0 bridgehead atoms. The van der Waals surface area contributed by atoms with Crippen molar-refractivity contribution in [3.05, 3.63) is 60.3 Å². The Morgan fingerprint density at radius 1 is 1.08 bits per heavy atom. The SMILES string of the molecule is O=C([O-])c1cnc2c(N3CCOCC3)cccc2c1Nc1ccccc1. The molecule has 0 aliphatic carbocycles. The zero-order chi connectivity index (χ0) is 17.9. The van der Waals surface area contributed by atoms with Gasteiger partial charge in [-0.25, -0.2) is 0 Å². The molecule has 2 aromatic carbocycles. The maximum absolute atomic E-state index is 11.6. The number of fused-ring (bicyclic) bond motifs is 1. The number of hydrogen-bond donors (Lipinski definition) is 1. The van der Waals surface area contributed by atoms with Crippen LogP contribution in [0.2, 0.25) is 0 Å². The van der Waals surface area contributed by atoms with Gasteiger partial charge in [0, 0.05) is 35.9 Å². The maximum atomic E-state index is 11.6. The van der Waals surface area contributed by atoms with E-state index in [1.54, 1.807) is 0 Å². The predicted molar refractivity (Wildman–Crippen MR) is 98.8 cm³/mol. The van der Waals surface area contributed by atoms with Crippen LogP contribution >= 0.6 is 0 Å². The number of carboxylic acid groups (broad SMARTS) is 1. The number of rotatable bonds is 4. The van der Waals surface area contributed by atoms with E-state index in [1.807, 2.05) is 48.5 Å². The Balaban J connectivity index is 1.86. The number of para-hydroxylation sites is 2. The maximum Gasteiger partial charge on any atom is 0.0956 e. The molecule has 0 unspecified atom stereocenters. The first-order valence-corrected chi connectivity index (χ1v) is 8.52. The van der Waals surface area contributed by atoms with Crippen molar-refractivity contribution in [2.24, 2.45) is 0 Å². The molecule has 1 saturated heterocycles. The Hall–Kier alpha value is -3.12. The topological polar surface area (TPSA) is 77.5 Å². The minimum absolute atomic E-state index is 0.0421. The van der Waals surface area contributed by atoms with E-state index < -0.39 is 5.97 Å². The summed E-state index contributed by atoms with van der Waals surface area (Å²) in [4.78, 5) is 18.3. The number of ether oxygens (including phenoxy) is 1. The average molecular weight is 348 g/mol. The van der Waals surface area contributed by atoms with E-state index in [4.69, 9.17) is 4.74 Å². The quantitative estimate of drug-likeness (QED) is 0.779. The zero-order valence-electron chi connectivity index (χ0n) is 14.1. The molecular formula is C20H18N3O3-. The van der Waals surface area contributed by atoms with Gasteiger partial charge < -0.3 is 24.9 Å². The van der Waals surface area contributed by atoms with E-state index in [0.717, 1.165) is 35.4 Å². The minimum Gasteiger partial charge on any atom is -0.545 e. The molecule has 0 amide bonds. The fourth-order valence-corrected chi connectivity index (χ4v) is 3.22. The van der Waals surface area contributed by atoms with Gasteiger partial charge in [0.2, 0.25) is 0 Å². The summed E-state index contributed by atoms with van der Waals surface area (Å²) >= 11 is 0. The second kappa shape index (κ2) is 7.01. The molecule has 1 aliphatic heterocycles. The molecule has 132 valence electrons. The summed E-state index contributed by atoms with van der Waals surface area (Å²) in [5.74, 6) is -1.25. The van der Waals surface area contributed by atoms with Gasteiger partial charge in [0.25, 0.3) is 0 Å². The van der Waals surface area contributed by atoms with Gasteiger partial charge in [-0.2, -0.15) is 0 Å². The second-order valence-electron chi connectivity index (χ2n) is 6.10. The number of carbonyl (C=O) groups excluding carboxylic acids is 1. The number of anilines is 3. The fourth-order valence-electron chi connectivity index (χ4n) is 3.22. The van der Waals surface area contributed by atoms with Gasteiger partial charge in [-0.1, -0.05) is 30.3 Å². The molecular weight excluding hydrogens is 330 g/mol. The van der Waals surface area contributed by atoms with Crippen molar-refractivity contribution in [3.63, 3.8) is 0 Å². The third-order valence-corrected chi connectivity index (χ3v) is 4.49. The zero-order valence-corrected chi connectivity index (χ0v) is 14.1. The van der Waals surface area contributed by atoms with Crippen LogP contribution in [0.15, 0.2) is 54.7 Å². The summed E-state index contributed by atoms with van der Waals surface area (Å²) in [6.07, 6.45) is 1.37. The number of aromatic nitrogens is 1. The average Bonchev–Trinajstić information content (AvgIpc) is 2.69. The third kappa shape index (κ3) is 3.07. The Kier molecular flexibility index (Phi) is 4.41. The summed E-state index contributed by atoms with van der Waals surface area (Å²) in [5.41, 5.74) is 3.08. The molecule has 6 heteroatoms. The smallest absolute Gasteiger partial charge is 0.0956 e. The Morgan fingerprint density at radius 3 is 2.58 bits per heavy atom. The van der Waals surface area contributed by atoms with Crippen LogP contribution in [-0.4, -0.2) is 37.3 Å². The molecule has 0 spiro atoms. The molecule has 1 N–H and O–H groups in total. The van der Waals surface area contributed by atoms with E-state index >= 15 is 0 Å². The summed E-state index contributed by atoms with van der Waals surface area (Å²) in [6.45, 7) is 2.90. The van der Waals surface area contributed by atoms with Gasteiger partial charge in [0.1, 0.15) is 0 Å². The largest absolute Gasteiger partial charge is 0.545 e. The van der Waals surface area contributed by atoms with Crippen molar-refractivity contribution in [2.75, 3.05) is 36.5 Å². The summed E-state index contributed by atoms with van der Waals surface area (Å²) in [5, 5.41) is 15.6. The van der Waals surface area contributed by atoms with Crippen molar-refractivity contribution in [1.29, 1.82) is 0 Å². The van der Waals surface area contributed by atoms with Crippen molar-refractivity contribution in [2.45, 2.75) is 0 Å². The first-order valence-electron chi connectivity index (χ1n) is 8.52. The standard InChI is InChI=1S/C20H19N3O3/c24-20(25)16-13-21-19-15(18(16)22-14-5-2-1-3-6-14)7-4-8-17(19)23-9-11-26-12-10-23/h1-8,13H,9-12H2,(H,21,22)(H,24,25)/p-1. The van der Waals surface area contributed by atoms with Gasteiger partial charge in [0.15, 0.2) is 0 Å². The predicted octanol–water partition coefficient (Wildman–Crippen LogP) is 2.18. The van der Waals surface area contributed by atoms with Gasteiger partial charge >= 0.3 is 0 Å². The number of carboxylic acids is 1. The highest BCUT2D eigenvalue weighted by Crippen LogP contribution is 2.34. The van der Waals surface area contributed by atoms with Crippen molar-refractivity contribution >= 4 is 33.9 Å². The van der Waals surface area contributed by atoms with E-state index in [1.165, 1.54) is 6.20 Å². The minimum atomic E-state index is -1.25. The Morgan fingerprint density at radius 2 is 1.85 bits per heavy atom. The van der Waals surface area contributed by atoms with E-state index in [0.29, 0.717) is 18.9 Å². The first kappa shape index (κ1) is 16.4. The summed E-state index contributed by atoms with van der Waals surface area (Å²) in [7, 11) is 0. The molecule has 0 radical (unpaired) electrons. The molecule has 0 saturated carbocycles. The van der Waals surface area contributed by atoms with Crippen LogP contribution in [-0.2, 0) is 4.74 Å². The highest BCUT2D eigenvalue weighted by molar-refractivity contribution is 6.07. The molecule has 1 aromatic heterocycles. The normalized spacial score (nSPS) is 14.4. The van der Waals surface area contributed by atoms with Crippen LogP contribution in [0.1, 0.15) is 10.4 Å². The lowest BCUT2D eigenvalue weighted by molar-refractivity contribution is -0.254. The lowest BCUT2D eigenvalue weighted by atomic mass is 10.1. The van der Waals surface area contributed by atoms with Gasteiger partial charge in [-0.3, -0.25) is 4.98 Å². The molecule has 6 nitrogen and oxygen atoms in total. The number of nitrogens with zero attached hydrogens (tertiary/aromatic N) is 2. The molecule has 1 aliphatic rings. The van der Waals surface area contributed by atoms with Gasteiger partial charge in [-0.05, 0) is 18.2 Å². The highest BCUT2D eigenvalue weighted by atomic mass is 16.5. The number of hydrogen-bond acceptors (Lipinski definition) is 6. The van der Waals surface area contributed by atoms with Crippen LogP contribution in [0.3, 0.4) is 0 Å². The van der Waals surface area contributed by atoms with Crippen molar-refractivity contribution in [1.82, 2.24) is 4.98 Å². The van der Waals surface area contributed by atoms with Crippen molar-refractivity contribution in [3.8, 4) is 0 Å². The Bertz CT molecular complexity index is 938. The number of benzene rings is 2. The number of pyridine rings is 1. The molecule has 1 fully saturated rings. The Labute approximate surface area is 151 Å². The number of morpholine rings is 1. The molecule has 2 heterocycles. The number of nitrogens with one attached hydrogen (secondary N) is 1. The van der Waals surface area contributed by atoms with Crippen LogP contribution in [0.25, 0.3) is 10.9 Å². The van der Waals surface area contributed by atoms with Crippen LogP contribution < -0.4 is 15.3 Å². The van der Waals surface area contributed by atoms with Crippen LogP contribution in [0.4, 0.5) is 17.1 Å². The monoisotopic (exact) mass is 348 g/mol. The second-order valence-corrected chi connectivity index (χ2v) is 6.10. The van der Waals surface area contributed by atoms with Gasteiger partial charge in [0.05, 0.1) is 36.1 Å². The lowest BCUT2D eigenvalue weighted by Crippen LogP contribution is -2.36. The van der Waals surface area contributed by atoms with Crippen LogP contribution in [0, 0.1) is 0 Å². The molecule has 0 atom stereocenters.